The summed E-state index contributed by atoms with van der Waals surface area (Å²) in [7, 11) is 0. The van der Waals surface area contributed by atoms with Crippen molar-refractivity contribution >= 4 is 17.4 Å². The summed E-state index contributed by atoms with van der Waals surface area (Å²) in [5.41, 5.74) is 0.903. The number of nitrogens with one attached hydrogen (secondary N) is 1. The van der Waals surface area contributed by atoms with Crippen molar-refractivity contribution in [1.29, 1.82) is 0 Å². The number of nitrogens with zero attached hydrogens (tertiary/aromatic N) is 2. The molecule has 2 N–H and O–H groups in total. The Morgan fingerprint density at radius 2 is 1.94 bits per heavy atom. The van der Waals surface area contributed by atoms with Gasteiger partial charge in [0.05, 0.1) is 6.10 Å². The fraction of sp³-hybridized carbons (Fsp3) is 0.692. The molecular weight excluding hydrogens is 250 g/mol. The predicted octanol–water partition coefficient (Wildman–Crippen LogP) is 2.72. The predicted molar refractivity (Wildman–Crippen MR) is 73.0 cm³/mol. The molecule has 1 saturated carbocycles. The summed E-state index contributed by atoms with van der Waals surface area (Å²) < 4.78 is 0. The molecular formula is C13H20ClN3O. The van der Waals surface area contributed by atoms with Crippen molar-refractivity contribution in [1.82, 2.24) is 9.97 Å². The summed E-state index contributed by atoms with van der Waals surface area (Å²) in [5, 5.41) is 13.5. The van der Waals surface area contributed by atoms with Gasteiger partial charge < -0.3 is 10.4 Å². The fourth-order valence-corrected chi connectivity index (χ4v) is 2.43. The van der Waals surface area contributed by atoms with Gasteiger partial charge in [-0.15, -0.1) is 0 Å². The molecule has 2 rings (SSSR count). The van der Waals surface area contributed by atoms with E-state index in [-0.39, 0.29) is 6.10 Å². The first-order valence-corrected chi connectivity index (χ1v) is 6.95. The van der Waals surface area contributed by atoms with Crippen LogP contribution in [-0.2, 0) is 6.42 Å². The first-order chi connectivity index (χ1) is 8.60. The summed E-state index contributed by atoms with van der Waals surface area (Å²) in [4.78, 5) is 8.73. The van der Waals surface area contributed by atoms with Gasteiger partial charge in [0.2, 0.25) is 0 Å². The number of hydrogen-bond donors (Lipinski definition) is 2. The van der Waals surface area contributed by atoms with Crippen LogP contribution in [0.25, 0.3) is 0 Å². The highest BCUT2D eigenvalue weighted by Crippen LogP contribution is 2.25. The first kappa shape index (κ1) is 13.6. The van der Waals surface area contributed by atoms with Gasteiger partial charge in [-0.2, -0.15) is 0 Å². The Bertz CT molecular complexity index is 417. The molecule has 1 heterocycles. The Morgan fingerprint density at radius 1 is 1.28 bits per heavy atom. The maximum atomic E-state index is 9.50. The zero-order valence-electron chi connectivity index (χ0n) is 10.9. The van der Waals surface area contributed by atoms with E-state index < -0.39 is 0 Å². The van der Waals surface area contributed by atoms with E-state index in [1.165, 1.54) is 0 Å². The zero-order valence-corrected chi connectivity index (χ0v) is 11.7. The minimum absolute atomic E-state index is 0.135. The highest BCUT2D eigenvalue weighted by atomic mass is 35.5. The van der Waals surface area contributed by atoms with Crippen molar-refractivity contribution in [3.63, 3.8) is 0 Å². The number of aryl methyl sites for hydroxylation is 1. The molecule has 0 radical (unpaired) electrons. The lowest BCUT2D eigenvalue weighted by Gasteiger charge is -2.27. The highest BCUT2D eigenvalue weighted by molar-refractivity contribution is 6.30. The summed E-state index contributed by atoms with van der Waals surface area (Å²) >= 11 is 6.11. The maximum absolute atomic E-state index is 9.50. The Morgan fingerprint density at radius 3 is 2.56 bits per heavy atom. The van der Waals surface area contributed by atoms with Gasteiger partial charge in [-0.3, -0.25) is 0 Å². The molecule has 0 unspecified atom stereocenters. The van der Waals surface area contributed by atoms with Gasteiger partial charge in [0.15, 0.2) is 0 Å². The minimum Gasteiger partial charge on any atom is -0.393 e. The van der Waals surface area contributed by atoms with Crippen LogP contribution in [0.3, 0.4) is 0 Å². The largest absolute Gasteiger partial charge is 0.393 e. The third-order valence-electron chi connectivity index (χ3n) is 3.49. The van der Waals surface area contributed by atoms with Crippen LogP contribution in [0.2, 0.25) is 5.15 Å². The molecule has 18 heavy (non-hydrogen) atoms. The molecule has 0 bridgehead atoms. The van der Waals surface area contributed by atoms with Crippen LogP contribution < -0.4 is 5.32 Å². The number of aliphatic hydroxyl groups is 1. The Balaban J connectivity index is 2.10. The summed E-state index contributed by atoms with van der Waals surface area (Å²) in [6, 6.07) is 0.378. The lowest BCUT2D eigenvalue weighted by atomic mass is 9.93. The first-order valence-electron chi connectivity index (χ1n) is 6.57. The molecule has 1 aliphatic carbocycles. The van der Waals surface area contributed by atoms with Crippen molar-refractivity contribution in [3.8, 4) is 0 Å². The minimum atomic E-state index is -0.135. The second-order valence-corrected chi connectivity index (χ2v) is 5.27. The second-order valence-electron chi connectivity index (χ2n) is 4.91. The molecule has 0 amide bonds. The molecule has 1 aromatic heterocycles. The van der Waals surface area contributed by atoms with E-state index in [4.69, 9.17) is 11.6 Å². The molecule has 0 aliphatic heterocycles. The van der Waals surface area contributed by atoms with E-state index in [1.54, 1.807) is 0 Å². The number of aromatic nitrogens is 2. The van der Waals surface area contributed by atoms with Gasteiger partial charge in [0, 0.05) is 18.0 Å². The Kier molecular flexibility index (Phi) is 4.40. The summed E-state index contributed by atoms with van der Waals surface area (Å²) in [6.07, 6.45) is 4.31. The van der Waals surface area contributed by atoms with Gasteiger partial charge in [-0.25, -0.2) is 9.97 Å². The molecule has 1 aliphatic rings. The maximum Gasteiger partial charge on any atom is 0.137 e. The zero-order chi connectivity index (χ0) is 13.1. The topological polar surface area (TPSA) is 58.0 Å². The molecule has 5 heteroatoms. The molecule has 0 spiro atoms. The number of aliphatic hydroxyl groups excluding tert-OH is 1. The van der Waals surface area contributed by atoms with E-state index in [9.17, 15) is 5.11 Å². The van der Waals surface area contributed by atoms with Crippen molar-refractivity contribution < 1.29 is 5.11 Å². The molecule has 0 atom stereocenters. The normalized spacial score (nSPS) is 24.0. The van der Waals surface area contributed by atoms with E-state index in [1.807, 2.05) is 13.8 Å². The van der Waals surface area contributed by atoms with Crippen LogP contribution in [0.5, 0.6) is 0 Å². The smallest absolute Gasteiger partial charge is 0.137 e. The van der Waals surface area contributed by atoms with Crippen molar-refractivity contribution in [3.05, 3.63) is 16.5 Å². The van der Waals surface area contributed by atoms with Gasteiger partial charge >= 0.3 is 0 Å². The van der Waals surface area contributed by atoms with Crippen molar-refractivity contribution in [2.45, 2.75) is 58.1 Å². The van der Waals surface area contributed by atoms with E-state index in [0.717, 1.165) is 49.3 Å². The summed E-state index contributed by atoms with van der Waals surface area (Å²) in [5.74, 6) is 1.61. The molecule has 4 nitrogen and oxygen atoms in total. The Hall–Kier alpha value is -0.870. The third kappa shape index (κ3) is 3.12. The van der Waals surface area contributed by atoms with Crippen molar-refractivity contribution in [2.75, 3.05) is 5.32 Å². The Labute approximate surface area is 113 Å². The lowest BCUT2D eigenvalue weighted by molar-refractivity contribution is 0.126. The monoisotopic (exact) mass is 269 g/mol. The van der Waals surface area contributed by atoms with Gasteiger partial charge in [-0.05, 0) is 32.6 Å². The number of halogens is 1. The standard InChI is InChI=1S/C13H20ClN3O/c1-3-11-16-12(14)8(2)13(17-11)15-9-4-6-10(18)7-5-9/h9-10,18H,3-7H2,1-2H3,(H,15,16,17). The molecule has 0 saturated heterocycles. The summed E-state index contributed by atoms with van der Waals surface area (Å²) in [6.45, 7) is 3.95. The van der Waals surface area contributed by atoms with Crippen LogP contribution in [-0.4, -0.2) is 27.2 Å². The molecule has 0 aromatic carbocycles. The van der Waals surface area contributed by atoms with Crippen LogP contribution in [0, 0.1) is 6.92 Å². The van der Waals surface area contributed by atoms with Gasteiger partial charge in [0.25, 0.3) is 0 Å². The highest BCUT2D eigenvalue weighted by Gasteiger charge is 2.20. The molecule has 1 aromatic rings. The SMILES string of the molecule is CCc1nc(Cl)c(C)c(NC2CCC(O)CC2)n1. The molecule has 1 fully saturated rings. The lowest BCUT2D eigenvalue weighted by Crippen LogP contribution is -2.29. The average molecular weight is 270 g/mol. The third-order valence-corrected chi connectivity index (χ3v) is 3.85. The number of hydrogen-bond acceptors (Lipinski definition) is 4. The van der Waals surface area contributed by atoms with Crippen molar-refractivity contribution in [2.24, 2.45) is 0 Å². The van der Waals surface area contributed by atoms with E-state index >= 15 is 0 Å². The van der Waals surface area contributed by atoms with E-state index in [0.29, 0.717) is 11.2 Å². The van der Waals surface area contributed by atoms with Crippen LogP contribution in [0.4, 0.5) is 5.82 Å². The van der Waals surface area contributed by atoms with Crippen LogP contribution >= 0.6 is 11.6 Å². The molecule has 100 valence electrons. The average Bonchev–Trinajstić information content (AvgIpc) is 2.37. The number of rotatable bonds is 3. The van der Waals surface area contributed by atoms with Crippen LogP contribution in [0.1, 0.15) is 44.0 Å². The fourth-order valence-electron chi connectivity index (χ4n) is 2.24. The number of anilines is 1. The van der Waals surface area contributed by atoms with Crippen LogP contribution in [0.15, 0.2) is 0 Å². The van der Waals surface area contributed by atoms with Gasteiger partial charge in [-0.1, -0.05) is 18.5 Å². The second kappa shape index (κ2) is 5.85. The quantitative estimate of drug-likeness (QED) is 0.829. The van der Waals surface area contributed by atoms with E-state index in [2.05, 4.69) is 15.3 Å². The van der Waals surface area contributed by atoms with Gasteiger partial charge in [0.1, 0.15) is 16.8 Å².